The van der Waals surface area contributed by atoms with Gasteiger partial charge in [0.2, 0.25) is 5.91 Å². The molecule has 5 nitrogen and oxygen atoms in total. The van der Waals surface area contributed by atoms with Crippen molar-refractivity contribution in [2.75, 3.05) is 5.32 Å². The maximum atomic E-state index is 12.2. The summed E-state index contributed by atoms with van der Waals surface area (Å²) >= 11 is 0. The van der Waals surface area contributed by atoms with Crippen molar-refractivity contribution >= 4 is 11.6 Å². The number of carbonyl (C=O) groups excluding carboxylic acids is 1. The molecule has 19 heavy (non-hydrogen) atoms. The molecule has 0 fully saturated rings. The molecule has 0 saturated heterocycles. The van der Waals surface area contributed by atoms with Gasteiger partial charge in [-0.15, -0.1) is 0 Å². The largest absolute Gasteiger partial charge is 0.322 e. The van der Waals surface area contributed by atoms with Crippen molar-refractivity contribution in [3.63, 3.8) is 0 Å². The SMILES string of the molecule is Cn1cc(NC(=O)[C@H]2Cc3ccccc3CN2)cn1. The van der Waals surface area contributed by atoms with Crippen LogP contribution < -0.4 is 10.6 Å². The van der Waals surface area contributed by atoms with E-state index in [-0.39, 0.29) is 11.9 Å². The lowest BCUT2D eigenvalue weighted by Gasteiger charge is -2.25. The molecule has 98 valence electrons. The summed E-state index contributed by atoms with van der Waals surface area (Å²) in [6, 6.07) is 8.03. The van der Waals surface area contributed by atoms with Crippen LogP contribution in [-0.2, 0) is 24.8 Å². The molecule has 0 saturated carbocycles. The van der Waals surface area contributed by atoms with Gasteiger partial charge < -0.3 is 10.6 Å². The minimum Gasteiger partial charge on any atom is -0.322 e. The van der Waals surface area contributed by atoms with Crippen LogP contribution in [0.25, 0.3) is 0 Å². The van der Waals surface area contributed by atoms with Gasteiger partial charge in [-0.1, -0.05) is 24.3 Å². The number of nitrogens with zero attached hydrogens (tertiary/aromatic N) is 2. The molecule has 1 aromatic carbocycles. The topological polar surface area (TPSA) is 59.0 Å². The van der Waals surface area contributed by atoms with Crippen LogP contribution in [0, 0.1) is 0 Å². The van der Waals surface area contributed by atoms with Gasteiger partial charge in [0.1, 0.15) is 0 Å². The number of hydrogen-bond acceptors (Lipinski definition) is 3. The normalized spacial score (nSPS) is 17.8. The van der Waals surface area contributed by atoms with Gasteiger partial charge in [0.25, 0.3) is 0 Å². The monoisotopic (exact) mass is 256 g/mol. The average molecular weight is 256 g/mol. The molecule has 1 aromatic heterocycles. The number of amides is 1. The summed E-state index contributed by atoms with van der Waals surface area (Å²) in [5.41, 5.74) is 3.24. The Balaban J connectivity index is 1.69. The standard InChI is InChI=1S/C14H16N4O/c1-18-9-12(8-16-18)17-14(19)13-6-10-4-2-3-5-11(10)7-15-13/h2-5,8-9,13,15H,6-7H2,1H3,(H,17,19)/t13-/m1/s1. The van der Waals surface area contributed by atoms with Gasteiger partial charge >= 0.3 is 0 Å². The highest BCUT2D eigenvalue weighted by molar-refractivity contribution is 5.95. The van der Waals surface area contributed by atoms with Crippen LogP contribution in [0.3, 0.4) is 0 Å². The van der Waals surface area contributed by atoms with Crippen LogP contribution in [0.2, 0.25) is 0 Å². The number of anilines is 1. The Kier molecular flexibility index (Phi) is 3.05. The highest BCUT2D eigenvalue weighted by Crippen LogP contribution is 2.17. The third-order valence-corrected chi connectivity index (χ3v) is 3.37. The number of aromatic nitrogens is 2. The third kappa shape index (κ3) is 2.51. The summed E-state index contributed by atoms with van der Waals surface area (Å²) in [6.07, 6.45) is 4.16. The Hall–Kier alpha value is -2.14. The van der Waals surface area contributed by atoms with Crippen molar-refractivity contribution in [1.82, 2.24) is 15.1 Å². The summed E-state index contributed by atoms with van der Waals surface area (Å²) in [7, 11) is 1.82. The first-order valence-electron chi connectivity index (χ1n) is 6.32. The predicted octanol–water partition coefficient (Wildman–Crippen LogP) is 1.07. The second-order valence-electron chi connectivity index (χ2n) is 4.80. The summed E-state index contributed by atoms with van der Waals surface area (Å²) in [5.74, 6) is -0.0116. The quantitative estimate of drug-likeness (QED) is 0.845. The fraction of sp³-hybridized carbons (Fsp3) is 0.286. The third-order valence-electron chi connectivity index (χ3n) is 3.37. The van der Waals surface area contributed by atoms with E-state index < -0.39 is 0 Å². The first-order chi connectivity index (χ1) is 9.22. The van der Waals surface area contributed by atoms with E-state index in [0.717, 1.165) is 18.7 Å². The molecule has 0 unspecified atom stereocenters. The van der Waals surface area contributed by atoms with Crippen molar-refractivity contribution in [3.8, 4) is 0 Å². The van der Waals surface area contributed by atoms with Crippen molar-refractivity contribution in [3.05, 3.63) is 47.8 Å². The van der Waals surface area contributed by atoms with Gasteiger partial charge in [-0.2, -0.15) is 5.10 Å². The molecule has 2 heterocycles. The Labute approximate surface area is 111 Å². The first-order valence-corrected chi connectivity index (χ1v) is 6.32. The van der Waals surface area contributed by atoms with E-state index in [9.17, 15) is 4.79 Å². The van der Waals surface area contributed by atoms with Gasteiger partial charge in [-0.05, 0) is 17.5 Å². The number of carbonyl (C=O) groups is 1. The molecule has 3 rings (SSSR count). The van der Waals surface area contributed by atoms with Crippen LogP contribution in [0.5, 0.6) is 0 Å². The second kappa shape index (κ2) is 4.85. The van der Waals surface area contributed by atoms with E-state index in [2.05, 4.69) is 27.9 Å². The number of benzene rings is 1. The van der Waals surface area contributed by atoms with Gasteiger partial charge in [0.05, 0.1) is 17.9 Å². The van der Waals surface area contributed by atoms with Crippen molar-refractivity contribution in [2.24, 2.45) is 7.05 Å². The molecule has 0 bridgehead atoms. The average Bonchev–Trinajstić information content (AvgIpc) is 2.83. The fourth-order valence-corrected chi connectivity index (χ4v) is 2.35. The molecule has 2 aromatic rings. The zero-order valence-corrected chi connectivity index (χ0v) is 10.8. The summed E-state index contributed by atoms with van der Waals surface area (Å²) < 4.78 is 1.67. The van der Waals surface area contributed by atoms with Crippen LogP contribution in [0.4, 0.5) is 5.69 Å². The molecule has 1 amide bonds. The Morgan fingerprint density at radius 1 is 1.42 bits per heavy atom. The van der Waals surface area contributed by atoms with Gasteiger partial charge in [-0.25, -0.2) is 0 Å². The van der Waals surface area contributed by atoms with E-state index in [1.165, 1.54) is 11.1 Å². The van der Waals surface area contributed by atoms with Crippen LogP contribution in [0.15, 0.2) is 36.7 Å². The zero-order valence-electron chi connectivity index (χ0n) is 10.8. The van der Waals surface area contributed by atoms with Crippen LogP contribution in [0.1, 0.15) is 11.1 Å². The molecule has 0 spiro atoms. The minimum atomic E-state index is -0.185. The Morgan fingerprint density at radius 3 is 2.95 bits per heavy atom. The number of nitrogens with one attached hydrogen (secondary N) is 2. The molecular weight excluding hydrogens is 240 g/mol. The number of hydrogen-bond donors (Lipinski definition) is 2. The van der Waals surface area contributed by atoms with Crippen molar-refractivity contribution in [1.29, 1.82) is 0 Å². The minimum absolute atomic E-state index is 0.0116. The first kappa shape index (κ1) is 11.9. The molecule has 2 N–H and O–H groups in total. The van der Waals surface area contributed by atoms with E-state index in [1.54, 1.807) is 17.1 Å². The highest BCUT2D eigenvalue weighted by Gasteiger charge is 2.23. The van der Waals surface area contributed by atoms with Crippen molar-refractivity contribution in [2.45, 2.75) is 19.0 Å². The van der Waals surface area contributed by atoms with Crippen molar-refractivity contribution < 1.29 is 4.79 Å². The summed E-state index contributed by atoms with van der Waals surface area (Å²) in [5, 5.41) is 10.2. The molecule has 0 radical (unpaired) electrons. The molecule has 1 aliphatic rings. The lowest BCUT2D eigenvalue weighted by atomic mass is 9.95. The number of aryl methyl sites for hydroxylation is 1. The highest BCUT2D eigenvalue weighted by atomic mass is 16.2. The maximum absolute atomic E-state index is 12.2. The molecule has 1 atom stereocenters. The Bertz CT molecular complexity index is 605. The van der Waals surface area contributed by atoms with Gasteiger partial charge in [0, 0.05) is 19.8 Å². The summed E-state index contributed by atoms with van der Waals surface area (Å²) in [6.45, 7) is 0.737. The van der Waals surface area contributed by atoms with E-state index in [0.29, 0.717) is 0 Å². The predicted molar refractivity (Wildman–Crippen MR) is 72.6 cm³/mol. The lowest BCUT2D eigenvalue weighted by Crippen LogP contribution is -2.44. The smallest absolute Gasteiger partial charge is 0.241 e. The van der Waals surface area contributed by atoms with Crippen LogP contribution in [-0.4, -0.2) is 21.7 Å². The van der Waals surface area contributed by atoms with E-state index >= 15 is 0 Å². The Morgan fingerprint density at radius 2 is 2.21 bits per heavy atom. The van der Waals surface area contributed by atoms with E-state index in [4.69, 9.17) is 0 Å². The van der Waals surface area contributed by atoms with Gasteiger partial charge in [-0.3, -0.25) is 9.48 Å². The fourth-order valence-electron chi connectivity index (χ4n) is 2.35. The second-order valence-corrected chi connectivity index (χ2v) is 4.80. The molecule has 1 aliphatic heterocycles. The zero-order chi connectivity index (χ0) is 13.2. The number of fused-ring (bicyclic) bond motifs is 1. The maximum Gasteiger partial charge on any atom is 0.241 e. The van der Waals surface area contributed by atoms with Gasteiger partial charge in [0.15, 0.2) is 0 Å². The molecule has 5 heteroatoms. The lowest BCUT2D eigenvalue weighted by molar-refractivity contribution is -0.118. The van der Waals surface area contributed by atoms with E-state index in [1.807, 2.05) is 19.2 Å². The molecule has 0 aliphatic carbocycles. The molecular formula is C14H16N4O. The number of rotatable bonds is 2. The summed E-state index contributed by atoms with van der Waals surface area (Å²) in [4.78, 5) is 12.2. The van der Waals surface area contributed by atoms with Crippen LogP contribution >= 0.6 is 0 Å².